The first-order valence-electron chi connectivity index (χ1n) is 7.22. The van der Waals surface area contributed by atoms with Gasteiger partial charge in [0.1, 0.15) is 0 Å². The summed E-state index contributed by atoms with van der Waals surface area (Å²) in [6.45, 7) is 0. The lowest BCUT2D eigenvalue weighted by Crippen LogP contribution is -2.14. The predicted octanol–water partition coefficient (Wildman–Crippen LogP) is 3.91. The Hall–Kier alpha value is -2.09. The number of anilines is 1. The second-order valence-corrected chi connectivity index (χ2v) is 6.85. The van der Waals surface area contributed by atoms with Crippen LogP contribution < -0.4 is 5.32 Å². The third kappa shape index (κ3) is 4.31. The van der Waals surface area contributed by atoms with Gasteiger partial charge in [-0.3, -0.25) is 9.78 Å². The summed E-state index contributed by atoms with van der Waals surface area (Å²) in [4.78, 5) is 16.1. The van der Waals surface area contributed by atoms with Crippen molar-refractivity contribution in [1.82, 2.24) is 19.7 Å². The van der Waals surface area contributed by atoms with Crippen molar-refractivity contribution in [2.75, 3.05) is 11.1 Å². The van der Waals surface area contributed by atoms with Gasteiger partial charge >= 0.3 is 0 Å². The van der Waals surface area contributed by atoms with Crippen molar-refractivity contribution in [3.63, 3.8) is 0 Å². The zero-order valence-corrected chi connectivity index (χ0v) is 15.4. The van der Waals surface area contributed by atoms with Crippen LogP contribution in [0.3, 0.4) is 0 Å². The Morgan fingerprint density at radius 1 is 1.20 bits per heavy atom. The molecule has 1 amide bonds. The summed E-state index contributed by atoms with van der Waals surface area (Å²) in [7, 11) is 1.85. The number of thioether (sulfide) groups is 1. The van der Waals surface area contributed by atoms with E-state index in [1.54, 1.807) is 30.6 Å². The summed E-state index contributed by atoms with van der Waals surface area (Å²) in [5.41, 5.74) is 1.39. The molecule has 0 saturated carbocycles. The highest BCUT2D eigenvalue weighted by Crippen LogP contribution is 2.26. The highest BCUT2D eigenvalue weighted by Gasteiger charge is 2.13. The van der Waals surface area contributed by atoms with E-state index in [0.29, 0.717) is 26.7 Å². The van der Waals surface area contributed by atoms with Crippen molar-refractivity contribution in [2.24, 2.45) is 7.05 Å². The third-order valence-electron chi connectivity index (χ3n) is 3.31. The molecular weight excluding hydrogens is 381 g/mol. The Bertz CT molecular complexity index is 901. The molecule has 0 unspecified atom stereocenters. The SMILES string of the molecule is Cn1c(SCC(=O)Nc2cc(Cl)ccc2Cl)nnc1-c1ccncc1. The lowest BCUT2D eigenvalue weighted by Gasteiger charge is -2.07. The first-order chi connectivity index (χ1) is 12.0. The predicted molar refractivity (Wildman–Crippen MR) is 100 cm³/mol. The Kier molecular flexibility index (Phi) is 5.57. The molecular formula is C16H13Cl2N5OS. The minimum absolute atomic E-state index is 0.172. The molecule has 1 aromatic carbocycles. The van der Waals surface area contributed by atoms with Gasteiger partial charge < -0.3 is 9.88 Å². The van der Waals surface area contributed by atoms with E-state index in [1.165, 1.54) is 11.8 Å². The Labute approximate surface area is 158 Å². The number of halogens is 2. The van der Waals surface area contributed by atoms with Gasteiger partial charge in [-0.25, -0.2) is 0 Å². The maximum Gasteiger partial charge on any atom is 0.234 e. The zero-order valence-electron chi connectivity index (χ0n) is 13.1. The van der Waals surface area contributed by atoms with Gasteiger partial charge in [0.15, 0.2) is 11.0 Å². The van der Waals surface area contributed by atoms with Crippen molar-refractivity contribution >= 4 is 46.6 Å². The van der Waals surface area contributed by atoms with Gasteiger partial charge in [0.2, 0.25) is 5.91 Å². The molecule has 0 aliphatic rings. The minimum Gasteiger partial charge on any atom is -0.324 e. The van der Waals surface area contributed by atoms with Gasteiger partial charge in [-0.05, 0) is 30.3 Å². The maximum atomic E-state index is 12.1. The highest BCUT2D eigenvalue weighted by atomic mass is 35.5. The van der Waals surface area contributed by atoms with Gasteiger partial charge in [0, 0.05) is 30.0 Å². The molecule has 0 saturated heterocycles. The van der Waals surface area contributed by atoms with Gasteiger partial charge in [-0.15, -0.1) is 10.2 Å². The fraction of sp³-hybridized carbons (Fsp3) is 0.125. The van der Waals surface area contributed by atoms with E-state index < -0.39 is 0 Å². The van der Waals surface area contributed by atoms with Crippen LogP contribution in [0.15, 0.2) is 47.9 Å². The van der Waals surface area contributed by atoms with E-state index in [4.69, 9.17) is 23.2 Å². The van der Waals surface area contributed by atoms with E-state index in [9.17, 15) is 4.79 Å². The van der Waals surface area contributed by atoms with E-state index in [2.05, 4.69) is 20.5 Å². The number of rotatable bonds is 5. The first kappa shape index (κ1) is 17.7. The van der Waals surface area contributed by atoms with E-state index >= 15 is 0 Å². The van der Waals surface area contributed by atoms with E-state index in [-0.39, 0.29) is 11.7 Å². The van der Waals surface area contributed by atoms with Crippen molar-refractivity contribution in [3.05, 3.63) is 52.8 Å². The Morgan fingerprint density at radius 3 is 2.72 bits per heavy atom. The summed E-state index contributed by atoms with van der Waals surface area (Å²) in [5.74, 6) is 0.677. The van der Waals surface area contributed by atoms with Crippen molar-refractivity contribution < 1.29 is 4.79 Å². The second-order valence-electron chi connectivity index (χ2n) is 5.06. The molecule has 0 aliphatic carbocycles. The molecule has 0 bridgehead atoms. The standard InChI is InChI=1S/C16H13Cl2N5OS/c1-23-15(10-4-6-19-7-5-10)21-22-16(23)25-9-14(24)20-13-8-11(17)2-3-12(13)18/h2-8H,9H2,1H3,(H,20,24). The van der Waals surface area contributed by atoms with E-state index in [0.717, 1.165) is 5.56 Å². The summed E-state index contributed by atoms with van der Waals surface area (Å²) in [6.07, 6.45) is 3.39. The number of nitrogens with zero attached hydrogens (tertiary/aromatic N) is 4. The number of pyridine rings is 1. The molecule has 0 atom stereocenters. The maximum absolute atomic E-state index is 12.1. The monoisotopic (exact) mass is 393 g/mol. The number of carbonyl (C=O) groups excluding carboxylic acids is 1. The summed E-state index contributed by atoms with van der Waals surface area (Å²) in [5, 5.41) is 12.6. The summed E-state index contributed by atoms with van der Waals surface area (Å²) in [6, 6.07) is 8.61. The minimum atomic E-state index is -0.206. The van der Waals surface area contributed by atoms with Crippen LogP contribution in [0.4, 0.5) is 5.69 Å². The fourth-order valence-electron chi connectivity index (χ4n) is 2.10. The molecule has 0 spiro atoms. The number of hydrogen-bond acceptors (Lipinski definition) is 5. The molecule has 1 N–H and O–H groups in total. The molecule has 6 nitrogen and oxygen atoms in total. The number of benzene rings is 1. The molecule has 0 fully saturated rings. The van der Waals surface area contributed by atoms with Crippen LogP contribution in [0.1, 0.15) is 0 Å². The van der Waals surface area contributed by atoms with Crippen molar-refractivity contribution in [2.45, 2.75) is 5.16 Å². The lowest BCUT2D eigenvalue weighted by atomic mass is 10.2. The molecule has 2 aromatic heterocycles. The Balaban J connectivity index is 1.65. The van der Waals surface area contributed by atoms with Crippen molar-refractivity contribution in [3.8, 4) is 11.4 Å². The molecule has 3 rings (SSSR count). The second kappa shape index (κ2) is 7.86. The van der Waals surface area contributed by atoms with Crippen molar-refractivity contribution in [1.29, 1.82) is 0 Å². The normalized spacial score (nSPS) is 10.7. The number of hydrogen-bond donors (Lipinski definition) is 1. The average molecular weight is 394 g/mol. The molecule has 9 heteroatoms. The first-order valence-corrected chi connectivity index (χ1v) is 8.96. The third-order valence-corrected chi connectivity index (χ3v) is 4.89. The molecule has 25 heavy (non-hydrogen) atoms. The van der Waals surface area contributed by atoms with Crippen LogP contribution in [0.5, 0.6) is 0 Å². The van der Waals surface area contributed by atoms with Crippen LogP contribution in [0.25, 0.3) is 11.4 Å². The summed E-state index contributed by atoms with van der Waals surface area (Å²) >= 11 is 13.2. The lowest BCUT2D eigenvalue weighted by molar-refractivity contribution is -0.113. The zero-order chi connectivity index (χ0) is 17.8. The molecule has 2 heterocycles. The van der Waals surface area contributed by atoms with Gasteiger partial charge in [-0.1, -0.05) is 35.0 Å². The molecule has 0 aliphatic heterocycles. The van der Waals surface area contributed by atoms with Crippen LogP contribution >= 0.6 is 35.0 Å². The number of carbonyl (C=O) groups is 1. The number of amides is 1. The van der Waals surface area contributed by atoms with Crippen LogP contribution in [0.2, 0.25) is 10.0 Å². The quantitative estimate of drug-likeness (QED) is 0.665. The van der Waals surface area contributed by atoms with Gasteiger partial charge in [0.05, 0.1) is 16.5 Å². The number of aromatic nitrogens is 4. The topological polar surface area (TPSA) is 72.7 Å². The largest absolute Gasteiger partial charge is 0.324 e. The van der Waals surface area contributed by atoms with Gasteiger partial charge in [0.25, 0.3) is 0 Å². The van der Waals surface area contributed by atoms with E-state index in [1.807, 2.05) is 23.7 Å². The fourth-order valence-corrected chi connectivity index (χ4v) is 3.15. The van der Waals surface area contributed by atoms with Gasteiger partial charge in [-0.2, -0.15) is 0 Å². The highest BCUT2D eigenvalue weighted by molar-refractivity contribution is 7.99. The van der Waals surface area contributed by atoms with Crippen LogP contribution in [-0.4, -0.2) is 31.4 Å². The van der Waals surface area contributed by atoms with Crippen LogP contribution in [0, 0.1) is 0 Å². The number of nitrogens with one attached hydrogen (secondary N) is 1. The summed E-state index contributed by atoms with van der Waals surface area (Å²) < 4.78 is 1.83. The molecule has 3 aromatic rings. The average Bonchev–Trinajstić information content (AvgIpc) is 2.98. The molecule has 128 valence electrons. The molecule has 0 radical (unpaired) electrons. The smallest absolute Gasteiger partial charge is 0.234 e. The Morgan fingerprint density at radius 2 is 1.96 bits per heavy atom. The van der Waals surface area contributed by atoms with Crippen LogP contribution in [-0.2, 0) is 11.8 Å².